The van der Waals surface area contributed by atoms with Gasteiger partial charge < -0.3 is 20.3 Å². The minimum absolute atomic E-state index is 0.399. The van der Waals surface area contributed by atoms with E-state index < -0.39 is 18.9 Å². The molecule has 78 valence electrons. The summed E-state index contributed by atoms with van der Waals surface area (Å²) in [5.41, 5.74) is -2.14. The minimum atomic E-state index is -1.07. The first-order valence-corrected chi connectivity index (χ1v) is 4.00. The van der Waals surface area contributed by atoms with E-state index in [9.17, 15) is 10.2 Å². The van der Waals surface area contributed by atoms with Gasteiger partial charge in [-0.2, -0.15) is 0 Å². The summed E-state index contributed by atoms with van der Waals surface area (Å²) in [6.07, 6.45) is 1.99. The predicted octanol–water partition coefficient (Wildman–Crippen LogP) is -0.678. The summed E-state index contributed by atoms with van der Waals surface area (Å²) >= 11 is 0. The molecule has 13 heavy (non-hydrogen) atoms. The smallest absolute Gasteiger partial charge is 0.430 e. The van der Waals surface area contributed by atoms with Gasteiger partial charge in [0, 0.05) is 0 Å². The molecule has 0 bridgehead atoms. The monoisotopic (exact) mass is 190 g/mol. The van der Waals surface area contributed by atoms with Crippen LogP contribution in [0.4, 0.5) is 0 Å². The van der Waals surface area contributed by atoms with E-state index in [-0.39, 0.29) is 0 Å². The molecule has 0 aliphatic carbocycles. The van der Waals surface area contributed by atoms with Crippen LogP contribution in [0.2, 0.25) is 0 Å². The standard InChI is InChI=1S/C8H16O2.BH3O2/c1-5-6-8(4,10)7(2,3)9;2-1-3/h5,9-10H,1,6H2,2-4H3;1-3H. The van der Waals surface area contributed by atoms with E-state index in [0.29, 0.717) is 6.42 Å². The fraction of sp³-hybridized carbons (Fsp3) is 0.750. The Labute approximate surface area is 79.8 Å². The molecule has 0 fully saturated rings. The summed E-state index contributed by atoms with van der Waals surface area (Å²) in [4.78, 5) is 0. The molecule has 0 radical (unpaired) electrons. The van der Waals surface area contributed by atoms with Gasteiger partial charge in [0.1, 0.15) is 0 Å². The Morgan fingerprint density at radius 3 is 1.62 bits per heavy atom. The SMILES string of the molecule is C=CCC(C)(O)C(C)(C)O.OBO. The Hall–Kier alpha value is -0.355. The van der Waals surface area contributed by atoms with E-state index in [1.165, 1.54) is 0 Å². The van der Waals surface area contributed by atoms with E-state index in [2.05, 4.69) is 6.58 Å². The molecular formula is C8H19BO4. The first-order valence-electron chi connectivity index (χ1n) is 4.00. The molecule has 0 aliphatic rings. The van der Waals surface area contributed by atoms with Crippen molar-refractivity contribution in [2.75, 3.05) is 0 Å². The summed E-state index contributed by atoms with van der Waals surface area (Å²) in [6.45, 7) is 8.24. The van der Waals surface area contributed by atoms with Crippen LogP contribution >= 0.6 is 0 Å². The van der Waals surface area contributed by atoms with E-state index in [4.69, 9.17) is 10.0 Å². The van der Waals surface area contributed by atoms with Crippen LogP contribution in [-0.2, 0) is 0 Å². The fourth-order valence-corrected chi connectivity index (χ4v) is 0.531. The second-order valence-corrected chi connectivity index (χ2v) is 3.47. The Morgan fingerprint density at radius 1 is 1.23 bits per heavy atom. The van der Waals surface area contributed by atoms with E-state index in [1.54, 1.807) is 26.8 Å². The van der Waals surface area contributed by atoms with Crippen molar-refractivity contribution in [1.29, 1.82) is 0 Å². The highest BCUT2D eigenvalue weighted by Crippen LogP contribution is 2.24. The zero-order valence-electron chi connectivity index (χ0n) is 8.49. The lowest BCUT2D eigenvalue weighted by atomic mass is 9.85. The quantitative estimate of drug-likeness (QED) is 0.351. The molecular weight excluding hydrogens is 171 g/mol. The number of hydrogen-bond donors (Lipinski definition) is 4. The first kappa shape index (κ1) is 15.1. The van der Waals surface area contributed by atoms with E-state index >= 15 is 0 Å². The van der Waals surface area contributed by atoms with Gasteiger partial charge in [0.25, 0.3) is 0 Å². The number of hydrogen-bond acceptors (Lipinski definition) is 4. The van der Waals surface area contributed by atoms with Gasteiger partial charge in [-0.1, -0.05) is 6.08 Å². The molecule has 0 saturated carbocycles. The molecule has 0 amide bonds. The van der Waals surface area contributed by atoms with Gasteiger partial charge in [0.05, 0.1) is 11.2 Å². The third-order valence-corrected chi connectivity index (χ3v) is 1.86. The van der Waals surface area contributed by atoms with Crippen molar-refractivity contribution >= 4 is 7.69 Å². The number of aliphatic hydroxyl groups is 2. The van der Waals surface area contributed by atoms with Gasteiger partial charge in [-0.15, -0.1) is 6.58 Å². The molecule has 4 N–H and O–H groups in total. The molecule has 4 nitrogen and oxygen atoms in total. The van der Waals surface area contributed by atoms with Crippen LogP contribution in [0.5, 0.6) is 0 Å². The second-order valence-electron chi connectivity index (χ2n) is 3.47. The first-order chi connectivity index (χ1) is 5.72. The van der Waals surface area contributed by atoms with Crippen molar-refractivity contribution in [3.8, 4) is 0 Å². The van der Waals surface area contributed by atoms with Crippen molar-refractivity contribution in [2.24, 2.45) is 0 Å². The van der Waals surface area contributed by atoms with Crippen LogP contribution in [0, 0.1) is 0 Å². The van der Waals surface area contributed by atoms with Crippen molar-refractivity contribution in [2.45, 2.75) is 38.4 Å². The minimum Gasteiger partial charge on any atom is -0.430 e. The summed E-state index contributed by atoms with van der Waals surface area (Å²) in [7, 11) is -0.750. The summed E-state index contributed by atoms with van der Waals surface area (Å²) in [5, 5.41) is 33.2. The van der Waals surface area contributed by atoms with Gasteiger partial charge in [-0.05, 0) is 27.2 Å². The van der Waals surface area contributed by atoms with Gasteiger partial charge in [-0.25, -0.2) is 0 Å². The van der Waals surface area contributed by atoms with Crippen LogP contribution in [0.25, 0.3) is 0 Å². The molecule has 0 aromatic carbocycles. The molecule has 1 unspecified atom stereocenters. The third kappa shape index (κ3) is 6.77. The third-order valence-electron chi connectivity index (χ3n) is 1.86. The van der Waals surface area contributed by atoms with Crippen molar-refractivity contribution in [1.82, 2.24) is 0 Å². The Kier molecular flexibility index (Phi) is 7.16. The van der Waals surface area contributed by atoms with Gasteiger partial charge in [0.2, 0.25) is 0 Å². The highest BCUT2D eigenvalue weighted by Gasteiger charge is 2.35. The average molecular weight is 190 g/mol. The van der Waals surface area contributed by atoms with Crippen molar-refractivity contribution < 1.29 is 20.3 Å². The zero-order valence-corrected chi connectivity index (χ0v) is 8.49. The van der Waals surface area contributed by atoms with Crippen LogP contribution in [0.15, 0.2) is 12.7 Å². The molecule has 0 aliphatic heterocycles. The normalized spacial score (nSPS) is 15.0. The molecule has 0 aromatic rings. The number of rotatable bonds is 3. The van der Waals surface area contributed by atoms with Crippen LogP contribution in [0.1, 0.15) is 27.2 Å². The highest BCUT2D eigenvalue weighted by molar-refractivity contribution is 6.13. The van der Waals surface area contributed by atoms with E-state index in [0.717, 1.165) is 0 Å². The molecule has 0 rings (SSSR count). The molecule has 5 heteroatoms. The molecule has 0 aromatic heterocycles. The summed E-state index contributed by atoms with van der Waals surface area (Å²) in [5.74, 6) is 0. The molecule has 0 heterocycles. The molecule has 0 saturated heterocycles. The lowest BCUT2D eigenvalue weighted by Crippen LogP contribution is -2.47. The summed E-state index contributed by atoms with van der Waals surface area (Å²) in [6, 6.07) is 0. The lowest BCUT2D eigenvalue weighted by Gasteiger charge is -2.34. The van der Waals surface area contributed by atoms with Crippen LogP contribution in [-0.4, -0.2) is 39.1 Å². The Morgan fingerprint density at radius 2 is 1.54 bits per heavy atom. The maximum Gasteiger partial charge on any atom is 0.432 e. The largest absolute Gasteiger partial charge is 0.432 e. The molecule has 1 atom stereocenters. The van der Waals surface area contributed by atoms with Crippen LogP contribution in [0.3, 0.4) is 0 Å². The van der Waals surface area contributed by atoms with E-state index in [1.807, 2.05) is 0 Å². The predicted molar refractivity (Wildman–Crippen MR) is 53.3 cm³/mol. The maximum atomic E-state index is 9.53. The summed E-state index contributed by atoms with van der Waals surface area (Å²) < 4.78 is 0. The molecule has 0 spiro atoms. The fourth-order valence-electron chi connectivity index (χ4n) is 0.531. The second kappa shape index (κ2) is 6.15. The van der Waals surface area contributed by atoms with Crippen LogP contribution < -0.4 is 0 Å². The van der Waals surface area contributed by atoms with Gasteiger partial charge in [-0.3, -0.25) is 0 Å². The van der Waals surface area contributed by atoms with Gasteiger partial charge >= 0.3 is 7.69 Å². The van der Waals surface area contributed by atoms with Gasteiger partial charge in [0.15, 0.2) is 0 Å². The average Bonchev–Trinajstić information content (AvgIpc) is 1.85. The lowest BCUT2D eigenvalue weighted by molar-refractivity contribution is -0.117. The van der Waals surface area contributed by atoms with Crippen molar-refractivity contribution in [3.63, 3.8) is 0 Å². The highest BCUT2D eigenvalue weighted by atomic mass is 16.4. The topological polar surface area (TPSA) is 80.9 Å². The van der Waals surface area contributed by atoms with Crippen molar-refractivity contribution in [3.05, 3.63) is 12.7 Å². The Balaban J connectivity index is 0. The Bertz CT molecular complexity index is 140. The zero-order chi connectivity index (χ0) is 11.1. The maximum absolute atomic E-state index is 9.53.